The van der Waals surface area contributed by atoms with Crippen LogP contribution in [0, 0.1) is 6.92 Å². The van der Waals surface area contributed by atoms with Crippen LogP contribution < -0.4 is 5.32 Å². The highest BCUT2D eigenvalue weighted by Gasteiger charge is 2.37. The number of hydrogen-bond acceptors (Lipinski definition) is 5. The molecule has 0 unspecified atom stereocenters. The summed E-state index contributed by atoms with van der Waals surface area (Å²) >= 11 is 0. The number of amides is 2. The van der Waals surface area contributed by atoms with Gasteiger partial charge in [0.05, 0.1) is 18.2 Å². The van der Waals surface area contributed by atoms with Gasteiger partial charge in [-0.05, 0) is 26.0 Å². The third-order valence-electron chi connectivity index (χ3n) is 5.73. The lowest BCUT2D eigenvalue weighted by atomic mass is 9.93. The summed E-state index contributed by atoms with van der Waals surface area (Å²) in [5.41, 5.74) is 3.22. The SMILES string of the molecule is CCOC(=O)C1=C(CN2CCN(CC)CC2)N(C)C(=O)N[C@H]1c1cccc(C)c1. The van der Waals surface area contributed by atoms with Crippen LogP contribution in [0.3, 0.4) is 0 Å². The molecule has 0 spiro atoms. The molecule has 0 aliphatic carbocycles. The van der Waals surface area contributed by atoms with Crippen LogP contribution in [0.2, 0.25) is 0 Å². The topological polar surface area (TPSA) is 65.1 Å². The van der Waals surface area contributed by atoms with Crippen molar-refractivity contribution >= 4 is 12.0 Å². The normalized spacial score (nSPS) is 21.3. The predicted octanol–water partition coefficient (Wildman–Crippen LogP) is 2.15. The molecule has 1 fully saturated rings. The molecule has 2 aliphatic heterocycles. The number of esters is 1. The fraction of sp³-hybridized carbons (Fsp3) is 0.545. The number of ether oxygens (including phenoxy) is 1. The minimum Gasteiger partial charge on any atom is -0.463 e. The summed E-state index contributed by atoms with van der Waals surface area (Å²) in [6, 6.07) is 7.19. The van der Waals surface area contributed by atoms with Crippen molar-refractivity contribution in [2.45, 2.75) is 26.8 Å². The van der Waals surface area contributed by atoms with E-state index in [2.05, 4.69) is 22.0 Å². The van der Waals surface area contributed by atoms with E-state index in [0.29, 0.717) is 18.7 Å². The van der Waals surface area contributed by atoms with E-state index in [4.69, 9.17) is 4.74 Å². The molecule has 2 heterocycles. The molecule has 0 bridgehead atoms. The number of rotatable bonds is 6. The Labute approximate surface area is 173 Å². The highest BCUT2D eigenvalue weighted by molar-refractivity contribution is 5.95. The first-order chi connectivity index (χ1) is 13.9. The average Bonchev–Trinajstić information content (AvgIpc) is 2.72. The van der Waals surface area contributed by atoms with Gasteiger partial charge in [0.1, 0.15) is 0 Å². The first-order valence-electron chi connectivity index (χ1n) is 10.4. The van der Waals surface area contributed by atoms with Crippen molar-refractivity contribution in [1.29, 1.82) is 0 Å². The van der Waals surface area contributed by atoms with Gasteiger partial charge in [-0.2, -0.15) is 0 Å². The van der Waals surface area contributed by atoms with Gasteiger partial charge in [0.25, 0.3) is 0 Å². The first kappa shape index (κ1) is 21.3. The molecule has 1 aromatic rings. The van der Waals surface area contributed by atoms with Gasteiger partial charge in [-0.25, -0.2) is 9.59 Å². The Bertz CT molecular complexity index is 784. The molecule has 0 saturated carbocycles. The standard InChI is InChI=1S/C22H32N4O3/c1-5-25-10-12-26(13-11-25)15-18-19(21(27)29-6-2)20(23-22(28)24(18)4)17-9-7-8-16(3)14-17/h7-9,14,20H,5-6,10-13,15H2,1-4H3,(H,23,28)/t20-/m0/s1. The van der Waals surface area contributed by atoms with Crippen LogP contribution in [-0.4, -0.2) is 79.6 Å². The summed E-state index contributed by atoms with van der Waals surface area (Å²) in [4.78, 5) is 32.0. The summed E-state index contributed by atoms with van der Waals surface area (Å²) < 4.78 is 5.40. The minimum atomic E-state index is -0.510. The molecular formula is C22H32N4O3. The fourth-order valence-electron chi connectivity index (χ4n) is 3.97. The van der Waals surface area contributed by atoms with Gasteiger partial charge < -0.3 is 15.0 Å². The lowest BCUT2D eigenvalue weighted by Crippen LogP contribution is -2.52. The number of piperazine rings is 1. The molecule has 158 valence electrons. The van der Waals surface area contributed by atoms with Crippen LogP contribution in [0.5, 0.6) is 0 Å². The van der Waals surface area contributed by atoms with Crippen LogP contribution in [0.4, 0.5) is 4.79 Å². The number of nitrogens with zero attached hydrogens (tertiary/aromatic N) is 3. The number of likely N-dealkylation sites (N-methyl/N-ethyl adjacent to an activating group) is 2. The van der Waals surface area contributed by atoms with E-state index in [1.807, 2.05) is 31.2 Å². The summed E-state index contributed by atoms with van der Waals surface area (Å²) in [5.74, 6) is -0.368. The second-order valence-corrected chi connectivity index (χ2v) is 7.65. The Hall–Kier alpha value is -2.38. The molecule has 7 heteroatoms. The molecule has 0 aromatic heterocycles. The third-order valence-corrected chi connectivity index (χ3v) is 5.73. The Kier molecular flexibility index (Phi) is 6.92. The maximum absolute atomic E-state index is 13.0. The summed E-state index contributed by atoms with van der Waals surface area (Å²) in [7, 11) is 1.72. The molecule has 0 radical (unpaired) electrons. The zero-order valence-electron chi connectivity index (χ0n) is 17.9. The Morgan fingerprint density at radius 2 is 1.86 bits per heavy atom. The second kappa shape index (κ2) is 9.41. The molecule has 29 heavy (non-hydrogen) atoms. The van der Waals surface area contributed by atoms with Crippen LogP contribution in [0.15, 0.2) is 35.5 Å². The van der Waals surface area contributed by atoms with Crippen molar-refractivity contribution in [2.24, 2.45) is 0 Å². The quantitative estimate of drug-likeness (QED) is 0.742. The van der Waals surface area contributed by atoms with Gasteiger partial charge in [0.2, 0.25) is 0 Å². The van der Waals surface area contributed by atoms with Gasteiger partial charge in [0, 0.05) is 45.5 Å². The van der Waals surface area contributed by atoms with Gasteiger partial charge in [-0.1, -0.05) is 36.8 Å². The molecule has 1 N–H and O–H groups in total. The number of carbonyl (C=O) groups is 2. The highest BCUT2D eigenvalue weighted by Crippen LogP contribution is 2.32. The molecular weight excluding hydrogens is 368 g/mol. The second-order valence-electron chi connectivity index (χ2n) is 7.65. The van der Waals surface area contributed by atoms with E-state index in [-0.39, 0.29) is 12.0 Å². The Balaban J connectivity index is 1.98. The van der Waals surface area contributed by atoms with E-state index in [9.17, 15) is 9.59 Å². The van der Waals surface area contributed by atoms with Crippen molar-refractivity contribution in [3.05, 3.63) is 46.7 Å². The van der Waals surface area contributed by atoms with Crippen molar-refractivity contribution in [3.63, 3.8) is 0 Å². The zero-order valence-corrected chi connectivity index (χ0v) is 17.9. The number of benzene rings is 1. The van der Waals surface area contributed by atoms with Gasteiger partial charge in [-0.3, -0.25) is 9.80 Å². The summed E-state index contributed by atoms with van der Waals surface area (Å²) in [5, 5.41) is 2.98. The number of aryl methyl sites for hydroxylation is 1. The molecule has 3 rings (SSSR count). The number of hydrogen-bond donors (Lipinski definition) is 1. The molecule has 1 saturated heterocycles. The van der Waals surface area contributed by atoms with E-state index < -0.39 is 6.04 Å². The van der Waals surface area contributed by atoms with E-state index in [0.717, 1.165) is 49.5 Å². The smallest absolute Gasteiger partial charge is 0.338 e. The average molecular weight is 401 g/mol. The van der Waals surface area contributed by atoms with Gasteiger partial charge >= 0.3 is 12.0 Å². The van der Waals surface area contributed by atoms with Gasteiger partial charge in [-0.15, -0.1) is 0 Å². The molecule has 2 aliphatic rings. The first-order valence-corrected chi connectivity index (χ1v) is 10.4. The fourth-order valence-corrected chi connectivity index (χ4v) is 3.97. The lowest BCUT2D eigenvalue weighted by Gasteiger charge is -2.39. The van der Waals surface area contributed by atoms with E-state index in [1.54, 1.807) is 18.9 Å². The van der Waals surface area contributed by atoms with Crippen LogP contribution in [0.1, 0.15) is 31.0 Å². The monoisotopic (exact) mass is 400 g/mol. The summed E-state index contributed by atoms with van der Waals surface area (Å²) in [6.07, 6.45) is 0. The predicted molar refractivity (Wildman–Crippen MR) is 112 cm³/mol. The van der Waals surface area contributed by atoms with Crippen LogP contribution >= 0.6 is 0 Å². The Morgan fingerprint density at radius 1 is 1.17 bits per heavy atom. The van der Waals surface area contributed by atoms with Crippen molar-refractivity contribution in [3.8, 4) is 0 Å². The molecule has 7 nitrogen and oxygen atoms in total. The zero-order chi connectivity index (χ0) is 21.0. The third kappa shape index (κ3) is 4.79. The highest BCUT2D eigenvalue weighted by atomic mass is 16.5. The summed E-state index contributed by atoms with van der Waals surface area (Å²) in [6.45, 7) is 11.7. The maximum atomic E-state index is 13.0. The Morgan fingerprint density at radius 3 is 2.48 bits per heavy atom. The van der Waals surface area contributed by atoms with Gasteiger partial charge in [0.15, 0.2) is 0 Å². The molecule has 1 atom stereocenters. The van der Waals surface area contributed by atoms with E-state index >= 15 is 0 Å². The number of nitrogens with one attached hydrogen (secondary N) is 1. The largest absolute Gasteiger partial charge is 0.463 e. The number of urea groups is 1. The minimum absolute atomic E-state index is 0.202. The maximum Gasteiger partial charge on any atom is 0.338 e. The van der Waals surface area contributed by atoms with Crippen molar-refractivity contribution in [1.82, 2.24) is 20.0 Å². The van der Waals surface area contributed by atoms with Crippen molar-refractivity contribution < 1.29 is 14.3 Å². The van der Waals surface area contributed by atoms with Crippen molar-refractivity contribution in [2.75, 3.05) is 52.9 Å². The molecule has 1 aromatic carbocycles. The lowest BCUT2D eigenvalue weighted by molar-refractivity contribution is -0.139. The van der Waals surface area contributed by atoms with Crippen LogP contribution in [0.25, 0.3) is 0 Å². The van der Waals surface area contributed by atoms with E-state index in [1.165, 1.54) is 0 Å². The number of carbonyl (C=O) groups excluding carboxylic acids is 2. The molecule has 2 amide bonds. The van der Waals surface area contributed by atoms with Crippen LogP contribution in [-0.2, 0) is 9.53 Å².